The SMILES string of the molecule is COc1ccc(C2(C)NC(=O)N(CC(=O)NCCCCN3CCN(C)CC3)C2=O)cc1. The Bertz CT molecular complexity index is 792. The maximum atomic E-state index is 12.9. The molecule has 2 fully saturated rings. The smallest absolute Gasteiger partial charge is 0.325 e. The Balaban J connectivity index is 1.43. The number of hydrogen-bond acceptors (Lipinski definition) is 6. The molecule has 0 aliphatic carbocycles. The highest BCUT2D eigenvalue weighted by atomic mass is 16.5. The lowest BCUT2D eigenvalue weighted by Crippen LogP contribution is -2.45. The second-order valence-corrected chi connectivity index (χ2v) is 8.38. The molecule has 1 atom stereocenters. The molecule has 2 heterocycles. The minimum absolute atomic E-state index is 0.283. The van der Waals surface area contributed by atoms with Crippen molar-refractivity contribution >= 4 is 17.8 Å². The number of benzene rings is 1. The number of amides is 4. The number of unbranched alkanes of at least 4 members (excludes halogenated alkanes) is 1. The second-order valence-electron chi connectivity index (χ2n) is 8.38. The van der Waals surface area contributed by atoms with Crippen molar-refractivity contribution in [1.29, 1.82) is 0 Å². The van der Waals surface area contributed by atoms with Gasteiger partial charge in [-0.25, -0.2) is 4.79 Å². The summed E-state index contributed by atoms with van der Waals surface area (Å²) in [7, 11) is 3.70. The van der Waals surface area contributed by atoms with Crippen LogP contribution in [0.3, 0.4) is 0 Å². The van der Waals surface area contributed by atoms with Crippen molar-refractivity contribution in [2.75, 3.05) is 60.0 Å². The number of urea groups is 1. The lowest BCUT2D eigenvalue weighted by Gasteiger charge is -2.32. The van der Waals surface area contributed by atoms with Crippen LogP contribution in [0.5, 0.6) is 5.75 Å². The van der Waals surface area contributed by atoms with Gasteiger partial charge in [0, 0.05) is 32.7 Å². The Hall–Kier alpha value is -2.65. The van der Waals surface area contributed by atoms with Crippen molar-refractivity contribution in [2.45, 2.75) is 25.3 Å². The third-order valence-electron chi connectivity index (χ3n) is 6.06. The van der Waals surface area contributed by atoms with Gasteiger partial charge >= 0.3 is 6.03 Å². The molecule has 2 aliphatic heterocycles. The van der Waals surface area contributed by atoms with E-state index in [0.29, 0.717) is 17.9 Å². The molecule has 0 saturated carbocycles. The van der Waals surface area contributed by atoms with Crippen molar-refractivity contribution < 1.29 is 19.1 Å². The maximum Gasteiger partial charge on any atom is 0.325 e. The first kappa shape index (κ1) is 23.0. The first-order chi connectivity index (χ1) is 14.8. The van der Waals surface area contributed by atoms with E-state index in [1.54, 1.807) is 38.3 Å². The molecule has 0 bridgehead atoms. The van der Waals surface area contributed by atoms with Crippen LogP contribution in [-0.2, 0) is 15.1 Å². The number of piperazine rings is 1. The number of methoxy groups -OCH3 is 1. The molecule has 0 spiro atoms. The zero-order valence-electron chi connectivity index (χ0n) is 18.6. The highest BCUT2D eigenvalue weighted by Gasteiger charge is 2.49. The van der Waals surface area contributed by atoms with E-state index in [9.17, 15) is 14.4 Å². The molecule has 9 nitrogen and oxygen atoms in total. The van der Waals surface area contributed by atoms with Gasteiger partial charge in [0.15, 0.2) is 0 Å². The molecular weight excluding hydrogens is 398 g/mol. The van der Waals surface area contributed by atoms with Crippen LogP contribution in [0, 0.1) is 0 Å². The summed E-state index contributed by atoms with van der Waals surface area (Å²) in [5, 5.41) is 5.53. The van der Waals surface area contributed by atoms with Crippen molar-refractivity contribution in [3.63, 3.8) is 0 Å². The molecular formula is C22H33N5O4. The highest BCUT2D eigenvalue weighted by molar-refractivity contribution is 6.09. The van der Waals surface area contributed by atoms with Crippen molar-refractivity contribution in [1.82, 2.24) is 25.3 Å². The van der Waals surface area contributed by atoms with Crippen LogP contribution in [0.1, 0.15) is 25.3 Å². The second kappa shape index (κ2) is 10.1. The van der Waals surface area contributed by atoms with Crippen molar-refractivity contribution in [3.8, 4) is 5.75 Å². The number of carbonyl (C=O) groups excluding carboxylic acids is 3. The lowest BCUT2D eigenvalue weighted by atomic mass is 9.92. The van der Waals surface area contributed by atoms with Crippen molar-refractivity contribution in [2.24, 2.45) is 0 Å². The van der Waals surface area contributed by atoms with Crippen LogP contribution in [0.2, 0.25) is 0 Å². The molecule has 1 unspecified atom stereocenters. The standard InChI is InChI=1S/C22H33N5O4/c1-22(17-6-8-18(31-3)9-7-17)20(29)27(21(30)24-22)16-19(28)23-10-4-5-11-26-14-12-25(2)13-15-26/h6-9H,4-5,10-16H2,1-3H3,(H,23,28)(H,24,30). The quantitative estimate of drug-likeness (QED) is 0.440. The van der Waals surface area contributed by atoms with Crippen LogP contribution < -0.4 is 15.4 Å². The third-order valence-corrected chi connectivity index (χ3v) is 6.06. The van der Waals surface area contributed by atoms with E-state index in [1.165, 1.54) is 0 Å². The lowest BCUT2D eigenvalue weighted by molar-refractivity contribution is -0.134. The van der Waals surface area contributed by atoms with Gasteiger partial charge in [-0.1, -0.05) is 12.1 Å². The average molecular weight is 432 g/mol. The van der Waals surface area contributed by atoms with Gasteiger partial charge in [-0.2, -0.15) is 0 Å². The fraction of sp³-hybridized carbons (Fsp3) is 0.591. The minimum Gasteiger partial charge on any atom is -0.497 e. The molecule has 9 heteroatoms. The van der Waals surface area contributed by atoms with Gasteiger partial charge in [0.05, 0.1) is 7.11 Å². The summed E-state index contributed by atoms with van der Waals surface area (Å²) in [6, 6.07) is 6.38. The van der Waals surface area contributed by atoms with Gasteiger partial charge in [-0.3, -0.25) is 14.5 Å². The molecule has 2 saturated heterocycles. The topological polar surface area (TPSA) is 94.2 Å². The molecule has 31 heavy (non-hydrogen) atoms. The summed E-state index contributed by atoms with van der Waals surface area (Å²) in [5.41, 5.74) is -0.565. The number of hydrogen-bond donors (Lipinski definition) is 2. The number of nitrogens with one attached hydrogen (secondary N) is 2. The van der Waals surface area contributed by atoms with E-state index in [4.69, 9.17) is 4.74 Å². The summed E-state index contributed by atoms with van der Waals surface area (Å²) >= 11 is 0. The first-order valence-electron chi connectivity index (χ1n) is 10.8. The van der Waals surface area contributed by atoms with Crippen LogP contribution >= 0.6 is 0 Å². The predicted octanol–water partition coefficient (Wildman–Crippen LogP) is 0.606. The van der Waals surface area contributed by atoms with Gasteiger partial charge < -0.3 is 25.2 Å². The zero-order valence-corrected chi connectivity index (χ0v) is 18.6. The largest absolute Gasteiger partial charge is 0.497 e. The van der Waals surface area contributed by atoms with Crippen LogP contribution in [0.15, 0.2) is 24.3 Å². The van der Waals surface area contributed by atoms with E-state index in [1.807, 2.05) is 0 Å². The third kappa shape index (κ3) is 5.54. The number of rotatable bonds is 9. The molecule has 4 amide bonds. The fourth-order valence-electron chi connectivity index (χ4n) is 3.92. The first-order valence-corrected chi connectivity index (χ1v) is 10.8. The summed E-state index contributed by atoms with van der Waals surface area (Å²) in [6.45, 7) is 7.28. The molecule has 0 aromatic heterocycles. The Morgan fingerprint density at radius 3 is 2.45 bits per heavy atom. The van der Waals surface area contributed by atoms with E-state index in [-0.39, 0.29) is 12.5 Å². The molecule has 2 aliphatic rings. The monoisotopic (exact) mass is 431 g/mol. The van der Waals surface area contributed by atoms with E-state index in [0.717, 1.165) is 50.5 Å². The summed E-state index contributed by atoms with van der Waals surface area (Å²) in [4.78, 5) is 43.4. The average Bonchev–Trinajstić information content (AvgIpc) is 2.98. The van der Waals surface area contributed by atoms with E-state index in [2.05, 4.69) is 27.5 Å². The molecule has 1 aromatic rings. The van der Waals surface area contributed by atoms with Gasteiger partial charge in [-0.05, 0) is 51.1 Å². The summed E-state index contributed by atoms with van der Waals surface area (Å²) in [5.74, 6) is -0.108. The summed E-state index contributed by atoms with van der Waals surface area (Å²) < 4.78 is 5.14. The van der Waals surface area contributed by atoms with Crippen molar-refractivity contribution in [3.05, 3.63) is 29.8 Å². The zero-order chi connectivity index (χ0) is 22.4. The molecule has 0 radical (unpaired) electrons. The molecule has 3 rings (SSSR count). The van der Waals surface area contributed by atoms with E-state index < -0.39 is 17.5 Å². The molecule has 1 aromatic carbocycles. The van der Waals surface area contributed by atoms with Crippen LogP contribution in [0.4, 0.5) is 4.79 Å². The minimum atomic E-state index is -1.20. The number of ether oxygens (including phenoxy) is 1. The Morgan fingerprint density at radius 2 is 1.81 bits per heavy atom. The Morgan fingerprint density at radius 1 is 1.13 bits per heavy atom. The summed E-state index contributed by atoms with van der Waals surface area (Å²) in [6.07, 6.45) is 1.87. The van der Waals surface area contributed by atoms with Crippen LogP contribution in [0.25, 0.3) is 0 Å². The molecule has 2 N–H and O–H groups in total. The highest BCUT2D eigenvalue weighted by Crippen LogP contribution is 2.29. The Labute approximate surface area is 183 Å². The van der Waals surface area contributed by atoms with Gasteiger partial charge in [0.25, 0.3) is 5.91 Å². The number of carbonyl (C=O) groups is 3. The van der Waals surface area contributed by atoms with Crippen LogP contribution in [-0.4, -0.2) is 92.5 Å². The fourth-order valence-corrected chi connectivity index (χ4v) is 3.92. The Kier molecular flexibility index (Phi) is 7.50. The van der Waals surface area contributed by atoms with Gasteiger partial charge in [0.1, 0.15) is 17.8 Å². The predicted molar refractivity (Wildman–Crippen MR) is 117 cm³/mol. The van der Waals surface area contributed by atoms with E-state index >= 15 is 0 Å². The van der Waals surface area contributed by atoms with Gasteiger partial charge in [0.2, 0.25) is 5.91 Å². The maximum absolute atomic E-state index is 12.9. The number of nitrogens with zero attached hydrogens (tertiary/aromatic N) is 3. The number of imide groups is 1. The number of likely N-dealkylation sites (N-methyl/N-ethyl adjacent to an activating group) is 1. The normalized spacial score (nSPS) is 22.5. The van der Waals surface area contributed by atoms with Gasteiger partial charge in [-0.15, -0.1) is 0 Å². The molecule has 170 valence electrons.